The van der Waals surface area contributed by atoms with E-state index in [0.717, 1.165) is 28.1 Å². The molecular weight excluding hydrogens is 450 g/mol. The Hall–Kier alpha value is -2.58. The lowest BCUT2D eigenvalue weighted by atomic mass is 10.1. The van der Waals surface area contributed by atoms with Gasteiger partial charge in [0.1, 0.15) is 12.6 Å². The standard InChI is InChI=1S/C23H30ClN3O4S/c1-5-12-25-23(29)18(3)26(15-19-9-7-10-20(24)14-19)22(28)16-27(32(4,30)31)21-11-6-8-17(2)13-21/h6-11,13-14,18H,5,12,15-16H2,1-4H3,(H,25,29)/t18-/m1/s1. The summed E-state index contributed by atoms with van der Waals surface area (Å²) in [6.45, 7) is 5.59. The Morgan fingerprint density at radius 3 is 2.41 bits per heavy atom. The quantitative estimate of drug-likeness (QED) is 0.566. The lowest BCUT2D eigenvalue weighted by Crippen LogP contribution is -2.51. The van der Waals surface area contributed by atoms with Crippen LogP contribution in [0.25, 0.3) is 0 Å². The number of hydrogen-bond donors (Lipinski definition) is 1. The molecule has 0 aliphatic rings. The van der Waals surface area contributed by atoms with Crippen LogP contribution in [-0.2, 0) is 26.2 Å². The molecular formula is C23H30ClN3O4S. The monoisotopic (exact) mass is 479 g/mol. The van der Waals surface area contributed by atoms with Crippen LogP contribution in [-0.4, -0.2) is 50.5 Å². The van der Waals surface area contributed by atoms with Crippen molar-refractivity contribution in [2.45, 2.75) is 39.8 Å². The molecule has 1 N–H and O–H groups in total. The van der Waals surface area contributed by atoms with Gasteiger partial charge in [-0.25, -0.2) is 8.42 Å². The van der Waals surface area contributed by atoms with Crippen molar-refractivity contribution in [3.05, 3.63) is 64.7 Å². The number of carbonyl (C=O) groups excluding carboxylic acids is 2. The van der Waals surface area contributed by atoms with E-state index in [-0.39, 0.29) is 12.5 Å². The number of nitrogens with one attached hydrogen (secondary N) is 1. The minimum Gasteiger partial charge on any atom is -0.354 e. The Balaban J connectivity index is 2.37. The number of halogens is 1. The Morgan fingerprint density at radius 2 is 1.81 bits per heavy atom. The van der Waals surface area contributed by atoms with Gasteiger partial charge >= 0.3 is 0 Å². The zero-order chi connectivity index (χ0) is 23.9. The van der Waals surface area contributed by atoms with Gasteiger partial charge in [0, 0.05) is 18.1 Å². The molecule has 9 heteroatoms. The molecule has 0 bridgehead atoms. The van der Waals surface area contributed by atoms with Crippen molar-refractivity contribution in [2.24, 2.45) is 0 Å². The molecule has 0 heterocycles. The highest BCUT2D eigenvalue weighted by molar-refractivity contribution is 7.92. The minimum absolute atomic E-state index is 0.117. The molecule has 2 rings (SSSR count). The molecule has 0 aliphatic carbocycles. The van der Waals surface area contributed by atoms with Crippen LogP contribution in [0, 0.1) is 6.92 Å². The molecule has 7 nitrogen and oxygen atoms in total. The van der Waals surface area contributed by atoms with E-state index in [1.807, 2.05) is 19.9 Å². The number of hydrogen-bond acceptors (Lipinski definition) is 4. The SMILES string of the molecule is CCCNC(=O)[C@@H](C)N(Cc1cccc(Cl)c1)C(=O)CN(c1cccc(C)c1)S(C)(=O)=O. The number of anilines is 1. The highest BCUT2D eigenvalue weighted by Gasteiger charge is 2.30. The largest absolute Gasteiger partial charge is 0.354 e. The van der Waals surface area contributed by atoms with E-state index in [9.17, 15) is 18.0 Å². The molecule has 0 unspecified atom stereocenters. The predicted molar refractivity (Wildman–Crippen MR) is 128 cm³/mol. The molecule has 2 aromatic carbocycles. The lowest BCUT2D eigenvalue weighted by molar-refractivity contribution is -0.139. The minimum atomic E-state index is -3.74. The molecule has 1 atom stereocenters. The fourth-order valence-electron chi connectivity index (χ4n) is 3.21. The number of sulfonamides is 1. The molecule has 0 radical (unpaired) electrons. The van der Waals surface area contributed by atoms with Crippen molar-refractivity contribution in [1.82, 2.24) is 10.2 Å². The van der Waals surface area contributed by atoms with Crippen LogP contribution in [0.5, 0.6) is 0 Å². The van der Waals surface area contributed by atoms with Gasteiger partial charge in [0.15, 0.2) is 0 Å². The van der Waals surface area contributed by atoms with Gasteiger partial charge in [0.05, 0.1) is 11.9 Å². The normalized spacial score (nSPS) is 12.2. The summed E-state index contributed by atoms with van der Waals surface area (Å²) in [5.41, 5.74) is 2.00. The molecule has 0 aliphatic heterocycles. The topological polar surface area (TPSA) is 86.8 Å². The van der Waals surface area contributed by atoms with E-state index in [0.29, 0.717) is 17.3 Å². The molecule has 2 aromatic rings. The molecule has 0 saturated heterocycles. The van der Waals surface area contributed by atoms with Crippen molar-refractivity contribution in [3.63, 3.8) is 0 Å². The maximum atomic E-state index is 13.4. The summed E-state index contributed by atoms with van der Waals surface area (Å²) in [6, 6.07) is 13.1. The first-order valence-corrected chi connectivity index (χ1v) is 12.6. The van der Waals surface area contributed by atoms with Gasteiger partial charge in [-0.15, -0.1) is 0 Å². The Kier molecular flexibility index (Phi) is 9.09. The summed E-state index contributed by atoms with van der Waals surface area (Å²) < 4.78 is 26.1. The summed E-state index contributed by atoms with van der Waals surface area (Å²) >= 11 is 6.09. The van der Waals surface area contributed by atoms with Crippen LogP contribution in [0.15, 0.2) is 48.5 Å². The third-order valence-corrected chi connectivity index (χ3v) is 6.30. The van der Waals surface area contributed by atoms with Crippen LogP contribution in [0.1, 0.15) is 31.4 Å². The molecule has 174 valence electrons. The third kappa shape index (κ3) is 7.24. The molecule has 32 heavy (non-hydrogen) atoms. The number of aryl methyl sites for hydroxylation is 1. The van der Waals surface area contributed by atoms with Gasteiger partial charge in [0.25, 0.3) is 0 Å². The summed E-state index contributed by atoms with van der Waals surface area (Å²) in [5.74, 6) is -0.792. The number of rotatable bonds is 10. The van der Waals surface area contributed by atoms with Crippen LogP contribution in [0.2, 0.25) is 5.02 Å². The van der Waals surface area contributed by atoms with Crippen LogP contribution in [0.4, 0.5) is 5.69 Å². The first-order chi connectivity index (χ1) is 15.0. The Bertz CT molecular complexity index is 1060. The summed E-state index contributed by atoms with van der Waals surface area (Å²) in [5, 5.41) is 3.31. The Morgan fingerprint density at radius 1 is 1.12 bits per heavy atom. The zero-order valence-electron chi connectivity index (χ0n) is 18.8. The first-order valence-electron chi connectivity index (χ1n) is 10.4. The van der Waals surface area contributed by atoms with Crippen LogP contribution in [0.3, 0.4) is 0 Å². The van der Waals surface area contributed by atoms with Gasteiger partial charge in [-0.2, -0.15) is 0 Å². The van der Waals surface area contributed by atoms with E-state index in [1.165, 1.54) is 4.90 Å². The maximum absolute atomic E-state index is 13.4. The number of carbonyl (C=O) groups is 2. The van der Waals surface area contributed by atoms with E-state index in [4.69, 9.17) is 11.6 Å². The van der Waals surface area contributed by atoms with Crippen molar-refractivity contribution in [3.8, 4) is 0 Å². The first kappa shape index (κ1) is 25.7. The van der Waals surface area contributed by atoms with Gasteiger partial charge in [-0.3, -0.25) is 13.9 Å². The zero-order valence-corrected chi connectivity index (χ0v) is 20.4. The highest BCUT2D eigenvalue weighted by Crippen LogP contribution is 2.20. The lowest BCUT2D eigenvalue weighted by Gasteiger charge is -2.31. The second-order valence-corrected chi connectivity index (χ2v) is 10.1. The van der Waals surface area contributed by atoms with Gasteiger partial charge in [0.2, 0.25) is 21.8 Å². The van der Waals surface area contributed by atoms with Gasteiger partial charge in [-0.05, 0) is 55.7 Å². The smallest absolute Gasteiger partial charge is 0.244 e. The maximum Gasteiger partial charge on any atom is 0.244 e. The highest BCUT2D eigenvalue weighted by atomic mass is 35.5. The van der Waals surface area contributed by atoms with Crippen molar-refractivity contribution < 1.29 is 18.0 Å². The summed E-state index contributed by atoms with van der Waals surface area (Å²) in [7, 11) is -3.74. The van der Waals surface area contributed by atoms with E-state index in [2.05, 4.69) is 5.32 Å². The molecule has 0 saturated carbocycles. The van der Waals surface area contributed by atoms with Crippen molar-refractivity contribution in [2.75, 3.05) is 23.7 Å². The second-order valence-electron chi connectivity index (χ2n) is 7.73. The number of nitrogens with zero attached hydrogens (tertiary/aromatic N) is 2. The molecule has 0 fully saturated rings. The molecule has 0 spiro atoms. The average molecular weight is 480 g/mol. The van der Waals surface area contributed by atoms with E-state index in [1.54, 1.807) is 49.4 Å². The fraction of sp³-hybridized carbons (Fsp3) is 0.391. The Labute approximate surface area is 195 Å². The van der Waals surface area contributed by atoms with E-state index >= 15 is 0 Å². The van der Waals surface area contributed by atoms with Crippen molar-refractivity contribution in [1.29, 1.82) is 0 Å². The third-order valence-electron chi connectivity index (χ3n) is 4.93. The van der Waals surface area contributed by atoms with Crippen LogP contribution < -0.4 is 9.62 Å². The molecule has 2 amide bonds. The van der Waals surface area contributed by atoms with Gasteiger partial charge < -0.3 is 10.2 Å². The summed E-state index contributed by atoms with van der Waals surface area (Å²) in [6.07, 6.45) is 1.82. The van der Waals surface area contributed by atoms with Crippen LogP contribution >= 0.6 is 11.6 Å². The fourth-order valence-corrected chi connectivity index (χ4v) is 4.26. The van der Waals surface area contributed by atoms with E-state index < -0.39 is 28.5 Å². The second kappa shape index (κ2) is 11.3. The average Bonchev–Trinajstić information content (AvgIpc) is 2.72. The van der Waals surface area contributed by atoms with Crippen molar-refractivity contribution >= 4 is 39.1 Å². The predicted octanol–water partition coefficient (Wildman–Crippen LogP) is 3.36. The molecule has 0 aromatic heterocycles. The number of amides is 2. The van der Waals surface area contributed by atoms with Gasteiger partial charge in [-0.1, -0.05) is 42.8 Å². The number of benzene rings is 2. The summed E-state index contributed by atoms with van der Waals surface area (Å²) in [4.78, 5) is 27.4.